The number of ether oxygens (including phenoxy) is 2. The molecule has 1 aliphatic heterocycles. The first kappa shape index (κ1) is 15.3. The Kier molecular flexibility index (Phi) is 4.50. The van der Waals surface area contributed by atoms with Gasteiger partial charge in [-0.3, -0.25) is 4.79 Å². The van der Waals surface area contributed by atoms with Crippen molar-refractivity contribution in [2.75, 3.05) is 13.2 Å². The van der Waals surface area contributed by atoms with E-state index in [4.69, 9.17) is 9.47 Å². The molecule has 0 aromatic carbocycles. The zero-order valence-electron chi connectivity index (χ0n) is 12.4. The van der Waals surface area contributed by atoms with Gasteiger partial charge in [0.15, 0.2) is 0 Å². The van der Waals surface area contributed by atoms with Crippen molar-refractivity contribution >= 4 is 18.0 Å². The third-order valence-electron chi connectivity index (χ3n) is 3.64. The van der Waals surface area contributed by atoms with Gasteiger partial charge in [-0.1, -0.05) is 6.92 Å². The SMILES string of the molecule is CCOC(=O)C1=C(COC(=O)[C@@H]2C[C@@H]2C)NC(=O)N[C@@H]1C. The van der Waals surface area contributed by atoms with Gasteiger partial charge in [0.1, 0.15) is 6.61 Å². The summed E-state index contributed by atoms with van der Waals surface area (Å²) in [6, 6.07) is -0.923. The number of amides is 2. The van der Waals surface area contributed by atoms with Crippen LogP contribution in [0, 0.1) is 11.8 Å². The molecule has 0 bridgehead atoms. The minimum atomic E-state index is -0.525. The van der Waals surface area contributed by atoms with E-state index >= 15 is 0 Å². The number of carbonyl (C=O) groups is 3. The van der Waals surface area contributed by atoms with Gasteiger partial charge in [-0.2, -0.15) is 0 Å². The van der Waals surface area contributed by atoms with Crippen LogP contribution in [0.15, 0.2) is 11.3 Å². The predicted molar refractivity (Wildman–Crippen MR) is 73.0 cm³/mol. The van der Waals surface area contributed by atoms with Gasteiger partial charge in [0.05, 0.1) is 29.8 Å². The summed E-state index contributed by atoms with van der Waals surface area (Å²) < 4.78 is 10.2. The largest absolute Gasteiger partial charge is 0.463 e. The first-order valence-electron chi connectivity index (χ1n) is 7.08. The number of hydrogen-bond acceptors (Lipinski definition) is 5. The molecule has 0 unspecified atom stereocenters. The topological polar surface area (TPSA) is 93.7 Å². The van der Waals surface area contributed by atoms with Crippen molar-refractivity contribution in [3.8, 4) is 0 Å². The van der Waals surface area contributed by atoms with Gasteiger partial charge in [-0.05, 0) is 26.2 Å². The number of nitrogens with one attached hydrogen (secondary N) is 2. The molecule has 1 heterocycles. The molecular weight excluding hydrogens is 276 g/mol. The fourth-order valence-electron chi connectivity index (χ4n) is 2.29. The summed E-state index contributed by atoms with van der Waals surface area (Å²) in [4.78, 5) is 35.2. The number of carbonyl (C=O) groups excluding carboxylic acids is 3. The molecule has 2 rings (SSSR count). The van der Waals surface area contributed by atoms with Crippen molar-refractivity contribution in [3.05, 3.63) is 11.3 Å². The van der Waals surface area contributed by atoms with E-state index in [0.717, 1.165) is 6.42 Å². The van der Waals surface area contributed by atoms with Crippen molar-refractivity contribution in [2.45, 2.75) is 33.2 Å². The van der Waals surface area contributed by atoms with Crippen LogP contribution in [0.5, 0.6) is 0 Å². The summed E-state index contributed by atoms with van der Waals surface area (Å²) in [6.45, 7) is 5.45. The Morgan fingerprint density at radius 3 is 2.52 bits per heavy atom. The molecule has 7 heteroatoms. The smallest absolute Gasteiger partial charge is 0.338 e. The fraction of sp³-hybridized carbons (Fsp3) is 0.643. The Balaban J connectivity index is 2.09. The standard InChI is InChI=1S/C14H20N2O5/c1-4-20-13(18)11-8(3)15-14(19)16-10(11)6-21-12(17)9-5-7(9)2/h7-9H,4-6H2,1-3H3,(H2,15,16,19)/t7-,8+,9+/m0/s1. The van der Waals surface area contributed by atoms with Crippen LogP contribution in [-0.2, 0) is 19.1 Å². The second-order valence-electron chi connectivity index (χ2n) is 5.36. The number of rotatable bonds is 5. The number of hydrogen-bond donors (Lipinski definition) is 2. The normalized spacial score (nSPS) is 27.6. The highest BCUT2D eigenvalue weighted by atomic mass is 16.5. The quantitative estimate of drug-likeness (QED) is 0.729. The Labute approximate surface area is 123 Å². The van der Waals surface area contributed by atoms with Gasteiger partial charge in [-0.25, -0.2) is 9.59 Å². The third kappa shape index (κ3) is 3.53. The van der Waals surface area contributed by atoms with E-state index in [0.29, 0.717) is 5.92 Å². The minimum absolute atomic E-state index is 0.0634. The van der Waals surface area contributed by atoms with E-state index in [1.165, 1.54) is 0 Å². The highest BCUT2D eigenvalue weighted by Crippen LogP contribution is 2.38. The lowest BCUT2D eigenvalue weighted by atomic mass is 10.0. The molecule has 2 N–H and O–H groups in total. The van der Waals surface area contributed by atoms with Crippen LogP contribution in [0.2, 0.25) is 0 Å². The highest BCUT2D eigenvalue weighted by molar-refractivity contribution is 5.94. The Hall–Kier alpha value is -2.05. The predicted octanol–water partition coefficient (Wildman–Crippen LogP) is 0.704. The zero-order valence-corrected chi connectivity index (χ0v) is 12.4. The molecule has 1 saturated carbocycles. The second kappa shape index (κ2) is 6.15. The lowest BCUT2D eigenvalue weighted by Gasteiger charge is -2.26. The van der Waals surface area contributed by atoms with Crippen LogP contribution in [0.1, 0.15) is 27.2 Å². The lowest BCUT2D eigenvalue weighted by molar-refractivity contribution is -0.145. The Morgan fingerprint density at radius 2 is 1.95 bits per heavy atom. The van der Waals surface area contributed by atoms with Crippen molar-refractivity contribution in [3.63, 3.8) is 0 Å². The average molecular weight is 296 g/mol. The third-order valence-corrected chi connectivity index (χ3v) is 3.64. The Bertz CT molecular complexity index is 500. The van der Waals surface area contributed by atoms with E-state index in [2.05, 4.69) is 10.6 Å². The van der Waals surface area contributed by atoms with Crippen molar-refractivity contribution in [1.29, 1.82) is 0 Å². The number of esters is 2. The highest BCUT2D eigenvalue weighted by Gasteiger charge is 2.41. The van der Waals surface area contributed by atoms with Crippen LogP contribution in [0.25, 0.3) is 0 Å². The maximum Gasteiger partial charge on any atom is 0.338 e. The van der Waals surface area contributed by atoms with Crippen LogP contribution in [-0.4, -0.2) is 37.2 Å². The van der Waals surface area contributed by atoms with Crippen LogP contribution in [0.4, 0.5) is 4.79 Å². The molecule has 0 aromatic rings. The van der Waals surface area contributed by atoms with E-state index in [-0.39, 0.29) is 36.4 Å². The van der Waals surface area contributed by atoms with Crippen molar-refractivity contribution in [1.82, 2.24) is 10.6 Å². The summed E-state index contributed by atoms with van der Waals surface area (Å²) >= 11 is 0. The first-order valence-corrected chi connectivity index (χ1v) is 7.08. The van der Waals surface area contributed by atoms with Gasteiger partial charge >= 0.3 is 18.0 Å². The van der Waals surface area contributed by atoms with Gasteiger partial charge in [0.2, 0.25) is 0 Å². The molecule has 21 heavy (non-hydrogen) atoms. The fourth-order valence-corrected chi connectivity index (χ4v) is 2.29. The first-order chi connectivity index (χ1) is 9.93. The summed E-state index contributed by atoms with van der Waals surface area (Å²) in [5, 5.41) is 5.09. The van der Waals surface area contributed by atoms with Gasteiger partial charge in [0, 0.05) is 0 Å². The van der Waals surface area contributed by atoms with E-state index in [1.54, 1.807) is 13.8 Å². The van der Waals surface area contributed by atoms with E-state index in [1.807, 2.05) is 6.92 Å². The molecule has 7 nitrogen and oxygen atoms in total. The van der Waals surface area contributed by atoms with E-state index < -0.39 is 18.0 Å². The monoisotopic (exact) mass is 296 g/mol. The summed E-state index contributed by atoms with van der Waals surface area (Å²) in [5.41, 5.74) is 0.569. The second-order valence-corrected chi connectivity index (χ2v) is 5.36. The van der Waals surface area contributed by atoms with Crippen LogP contribution in [0.3, 0.4) is 0 Å². The van der Waals surface area contributed by atoms with E-state index in [9.17, 15) is 14.4 Å². The van der Waals surface area contributed by atoms with Crippen molar-refractivity contribution < 1.29 is 23.9 Å². The molecule has 0 spiro atoms. The summed E-state index contributed by atoms with van der Waals surface area (Å²) in [6.07, 6.45) is 0.826. The molecule has 3 atom stereocenters. The summed E-state index contributed by atoms with van der Waals surface area (Å²) in [5.74, 6) is -0.536. The molecular formula is C14H20N2O5. The molecule has 2 aliphatic rings. The summed E-state index contributed by atoms with van der Waals surface area (Å²) in [7, 11) is 0. The number of urea groups is 1. The molecule has 0 saturated heterocycles. The maximum atomic E-state index is 12.0. The zero-order chi connectivity index (χ0) is 15.6. The van der Waals surface area contributed by atoms with Gasteiger partial charge < -0.3 is 20.1 Å². The molecule has 1 fully saturated rings. The molecule has 1 aliphatic carbocycles. The molecule has 2 amide bonds. The Morgan fingerprint density at radius 1 is 1.29 bits per heavy atom. The molecule has 0 radical (unpaired) electrons. The minimum Gasteiger partial charge on any atom is -0.463 e. The maximum absolute atomic E-state index is 12.0. The van der Waals surface area contributed by atoms with Gasteiger partial charge in [0.25, 0.3) is 0 Å². The average Bonchev–Trinajstić information content (AvgIpc) is 3.12. The van der Waals surface area contributed by atoms with Crippen molar-refractivity contribution in [2.24, 2.45) is 11.8 Å². The van der Waals surface area contributed by atoms with Crippen LogP contribution < -0.4 is 10.6 Å². The molecule has 116 valence electrons. The van der Waals surface area contributed by atoms with Gasteiger partial charge in [-0.15, -0.1) is 0 Å². The molecule has 0 aromatic heterocycles. The lowest BCUT2D eigenvalue weighted by Crippen LogP contribution is -2.50. The van der Waals surface area contributed by atoms with Crippen LogP contribution >= 0.6 is 0 Å².